The van der Waals surface area contributed by atoms with Gasteiger partial charge in [0.2, 0.25) is 6.29 Å². The predicted octanol–water partition coefficient (Wildman–Crippen LogP) is -0.320. The van der Waals surface area contributed by atoms with Crippen molar-refractivity contribution in [1.82, 2.24) is 4.90 Å². The molecule has 0 aromatic rings. The molecular formula is C8H15NO4. The van der Waals surface area contributed by atoms with Crippen LogP contribution in [0.5, 0.6) is 0 Å². The highest BCUT2D eigenvalue weighted by Crippen LogP contribution is 2.20. The lowest BCUT2D eigenvalue weighted by Gasteiger charge is -2.35. The van der Waals surface area contributed by atoms with Crippen LogP contribution in [0.4, 0.5) is 0 Å². The molecule has 1 heterocycles. The minimum atomic E-state index is -0.884. The summed E-state index contributed by atoms with van der Waals surface area (Å²) >= 11 is 0. The maximum Gasteiger partial charge on any atom is 0.227 e. The number of methoxy groups -OCH3 is 1. The monoisotopic (exact) mass is 189 g/mol. The molecule has 3 atom stereocenters. The van der Waals surface area contributed by atoms with E-state index in [1.165, 1.54) is 13.4 Å². The fourth-order valence-corrected chi connectivity index (χ4v) is 1.38. The average molecular weight is 189 g/mol. The molecule has 0 fully saturated rings. The molecule has 5 heteroatoms. The summed E-state index contributed by atoms with van der Waals surface area (Å²) in [5.41, 5.74) is 0. The predicted molar refractivity (Wildman–Crippen MR) is 46.1 cm³/mol. The van der Waals surface area contributed by atoms with E-state index in [-0.39, 0.29) is 5.76 Å². The second-order valence-corrected chi connectivity index (χ2v) is 3.18. The summed E-state index contributed by atoms with van der Waals surface area (Å²) in [4.78, 5) is 1.70. The molecule has 2 N–H and O–H groups in total. The van der Waals surface area contributed by atoms with E-state index in [1.54, 1.807) is 19.0 Å². The smallest absolute Gasteiger partial charge is 0.227 e. The molecule has 0 saturated heterocycles. The first-order chi connectivity index (χ1) is 6.07. The van der Waals surface area contributed by atoms with Crippen molar-refractivity contribution < 1.29 is 19.7 Å². The van der Waals surface area contributed by atoms with E-state index in [4.69, 9.17) is 9.47 Å². The highest BCUT2D eigenvalue weighted by molar-refractivity contribution is 5.06. The van der Waals surface area contributed by atoms with Crippen molar-refractivity contribution in [2.45, 2.75) is 18.4 Å². The fourth-order valence-electron chi connectivity index (χ4n) is 1.38. The standard InChI is InChI=1S/C8H15NO4/c1-9(2)6-5(10)4-13-8(12-3)7(6)11/h4,6-8,10-11H,1-3H3. The van der Waals surface area contributed by atoms with Gasteiger partial charge >= 0.3 is 0 Å². The molecule has 0 aromatic carbocycles. The summed E-state index contributed by atoms with van der Waals surface area (Å²) in [6.07, 6.45) is -0.403. The molecule has 0 aliphatic carbocycles. The molecule has 0 spiro atoms. The summed E-state index contributed by atoms with van der Waals surface area (Å²) < 4.78 is 9.80. The number of nitrogens with zero attached hydrogens (tertiary/aromatic N) is 1. The zero-order chi connectivity index (χ0) is 10.0. The molecule has 1 aliphatic rings. The van der Waals surface area contributed by atoms with Gasteiger partial charge < -0.3 is 19.7 Å². The van der Waals surface area contributed by atoms with Crippen molar-refractivity contribution in [3.8, 4) is 0 Å². The molecular weight excluding hydrogens is 174 g/mol. The molecule has 0 radical (unpaired) electrons. The van der Waals surface area contributed by atoms with Crippen molar-refractivity contribution in [3.63, 3.8) is 0 Å². The van der Waals surface area contributed by atoms with Gasteiger partial charge in [-0.15, -0.1) is 0 Å². The van der Waals surface area contributed by atoms with Crippen LogP contribution in [0.1, 0.15) is 0 Å². The summed E-state index contributed by atoms with van der Waals surface area (Å²) in [7, 11) is 4.96. The summed E-state index contributed by atoms with van der Waals surface area (Å²) in [5.74, 6) is 0.00537. The van der Waals surface area contributed by atoms with Crippen LogP contribution in [0.3, 0.4) is 0 Å². The zero-order valence-corrected chi connectivity index (χ0v) is 7.97. The minimum absolute atomic E-state index is 0.00537. The second-order valence-electron chi connectivity index (χ2n) is 3.18. The van der Waals surface area contributed by atoms with Crippen LogP contribution in [0.25, 0.3) is 0 Å². The maximum atomic E-state index is 9.68. The first-order valence-corrected chi connectivity index (χ1v) is 3.99. The van der Waals surface area contributed by atoms with E-state index < -0.39 is 18.4 Å². The molecule has 0 saturated carbocycles. The average Bonchev–Trinajstić information content (AvgIpc) is 2.04. The number of ether oxygens (including phenoxy) is 2. The van der Waals surface area contributed by atoms with Gasteiger partial charge in [0, 0.05) is 7.11 Å². The zero-order valence-electron chi connectivity index (χ0n) is 7.97. The van der Waals surface area contributed by atoms with Gasteiger partial charge in [-0.25, -0.2) is 0 Å². The normalized spacial score (nSPS) is 34.2. The van der Waals surface area contributed by atoms with Crippen LogP contribution in [0.15, 0.2) is 12.0 Å². The molecule has 0 bridgehead atoms. The van der Waals surface area contributed by atoms with Crippen molar-refractivity contribution in [2.75, 3.05) is 21.2 Å². The number of rotatable bonds is 2. The van der Waals surface area contributed by atoms with Crippen molar-refractivity contribution >= 4 is 0 Å². The lowest BCUT2D eigenvalue weighted by molar-refractivity contribution is -0.179. The maximum absolute atomic E-state index is 9.68. The third-order valence-corrected chi connectivity index (χ3v) is 2.02. The van der Waals surface area contributed by atoms with Gasteiger partial charge in [-0.2, -0.15) is 0 Å². The van der Waals surface area contributed by atoms with E-state index in [9.17, 15) is 10.2 Å². The Labute approximate surface area is 77.2 Å². The lowest BCUT2D eigenvalue weighted by atomic mass is 10.1. The van der Waals surface area contributed by atoms with Gasteiger partial charge in [-0.05, 0) is 14.1 Å². The first kappa shape index (κ1) is 10.3. The van der Waals surface area contributed by atoms with Gasteiger partial charge in [0.15, 0.2) is 0 Å². The molecule has 0 amide bonds. The molecule has 13 heavy (non-hydrogen) atoms. The number of likely N-dealkylation sites (N-methyl/N-ethyl adjacent to an activating group) is 1. The minimum Gasteiger partial charge on any atom is -0.507 e. The van der Waals surface area contributed by atoms with Crippen LogP contribution in [0.2, 0.25) is 0 Å². The Morgan fingerprint density at radius 2 is 2.15 bits per heavy atom. The Kier molecular flexibility index (Phi) is 3.13. The fraction of sp³-hybridized carbons (Fsp3) is 0.750. The second kappa shape index (κ2) is 3.95. The van der Waals surface area contributed by atoms with Gasteiger partial charge in [0.05, 0.1) is 0 Å². The molecule has 0 aromatic heterocycles. The Morgan fingerprint density at radius 1 is 1.54 bits per heavy atom. The van der Waals surface area contributed by atoms with Gasteiger partial charge in [-0.1, -0.05) is 0 Å². The van der Waals surface area contributed by atoms with E-state index in [2.05, 4.69) is 0 Å². The topological polar surface area (TPSA) is 62.2 Å². The highest BCUT2D eigenvalue weighted by Gasteiger charge is 2.36. The Morgan fingerprint density at radius 3 is 2.62 bits per heavy atom. The van der Waals surface area contributed by atoms with Crippen molar-refractivity contribution in [2.24, 2.45) is 0 Å². The summed E-state index contributed by atoms with van der Waals surface area (Å²) in [6, 6.07) is -0.473. The van der Waals surface area contributed by atoms with E-state index in [0.29, 0.717) is 0 Å². The quantitative estimate of drug-likeness (QED) is 0.623. The first-order valence-electron chi connectivity index (χ1n) is 3.99. The van der Waals surface area contributed by atoms with Crippen LogP contribution in [-0.2, 0) is 9.47 Å². The van der Waals surface area contributed by atoms with Gasteiger partial charge in [0.25, 0.3) is 0 Å². The number of aliphatic hydroxyl groups excluding tert-OH is 2. The van der Waals surface area contributed by atoms with Gasteiger partial charge in [-0.3, -0.25) is 4.90 Å². The molecule has 1 aliphatic heterocycles. The van der Waals surface area contributed by atoms with Crippen molar-refractivity contribution in [3.05, 3.63) is 12.0 Å². The lowest BCUT2D eigenvalue weighted by Crippen LogP contribution is -2.50. The largest absolute Gasteiger partial charge is 0.507 e. The van der Waals surface area contributed by atoms with Crippen LogP contribution >= 0.6 is 0 Å². The summed E-state index contributed by atoms with van der Waals surface area (Å²) in [6.45, 7) is 0. The molecule has 3 unspecified atom stereocenters. The highest BCUT2D eigenvalue weighted by atomic mass is 16.7. The Hall–Kier alpha value is -0.780. The van der Waals surface area contributed by atoms with Crippen LogP contribution < -0.4 is 0 Å². The van der Waals surface area contributed by atoms with E-state index >= 15 is 0 Å². The van der Waals surface area contributed by atoms with Crippen LogP contribution in [0, 0.1) is 0 Å². The Bertz CT molecular complexity index is 204. The van der Waals surface area contributed by atoms with E-state index in [0.717, 1.165) is 0 Å². The van der Waals surface area contributed by atoms with Crippen LogP contribution in [-0.4, -0.2) is 54.8 Å². The molecule has 5 nitrogen and oxygen atoms in total. The Balaban J connectivity index is 2.79. The number of hydrogen-bond donors (Lipinski definition) is 2. The number of aliphatic hydroxyl groups is 2. The van der Waals surface area contributed by atoms with E-state index in [1.807, 2.05) is 0 Å². The third-order valence-electron chi connectivity index (χ3n) is 2.02. The van der Waals surface area contributed by atoms with Crippen molar-refractivity contribution in [1.29, 1.82) is 0 Å². The SMILES string of the molecule is COC1OC=C(O)C(N(C)C)C1O. The number of hydrogen-bond acceptors (Lipinski definition) is 5. The third kappa shape index (κ3) is 1.93. The summed E-state index contributed by atoms with van der Waals surface area (Å²) in [5, 5.41) is 19.1. The molecule has 1 rings (SSSR count). The van der Waals surface area contributed by atoms with Gasteiger partial charge in [0.1, 0.15) is 24.2 Å². The molecule has 76 valence electrons.